The average Bonchev–Trinajstić information content (AvgIpc) is 3.20. The smallest absolute Gasteiger partial charge is 0.253 e. The molecule has 0 aliphatic carbocycles. The van der Waals surface area contributed by atoms with Crippen molar-refractivity contribution in [3.8, 4) is 0 Å². The van der Waals surface area contributed by atoms with Crippen molar-refractivity contribution in [2.45, 2.75) is 12.8 Å². The van der Waals surface area contributed by atoms with Gasteiger partial charge in [-0.2, -0.15) is 0 Å². The third-order valence-corrected chi connectivity index (χ3v) is 4.89. The monoisotopic (exact) mass is 298 g/mol. The van der Waals surface area contributed by atoms with Crippen LogP contribution >= 0.6 is 0 Å². The van der Waals surface area contributed by atoms with Crippen molar-refractivity contribution in [3.63, 3.8) is 0 Å². The van der Waals surface area contributed by atoms with Crippen LogP contribution in [0.1, 0.15) is 23.2 Å². The van der Waals surface area contributed by atoms with Crippen molar-refractivity contribution in [1.29, 1.82) is 0 Å². The number of amides is 2. The zero-order chi connectivity index (χ0) is 15.3. The first-order chi connectivity index (χ1) is 10.6. The molecule has 3 heterocycles. The third-order valence-electron chi connectivity index (χ3n) is 4.89. The van der Waals surface area contributed by atoms with E-state index in [0.29, 0.717) is 31.6 Å². The van der Waals surface area contributed by atoms with E-state index in [4.69, 9.17) is 0 Å². The van der Waals surface area contributed by atoms with Crippen LogP contribution < -0.4 is 5.32 Å². The summed E-state index contributed by atoms with van der Waals surface area (Å²) in [4.78, 5) is 30.4. The van der Waals surface area contributed by atoms with Crippen molar-refractivity contribution in [2.24, 2.45) is 12.5 Å². The Balaban J connectivity index is 1.57. The lowest BCUT2D eigenvalue weighted by Crippen LogP contribution is -2.33. The van der Waals surface area contributed by atoms with Crippen molar-refractivity contribution in [3.05, 3.63) is 30.1 Å². The molecule has 2 amide bonds. The minimum atomic E-state index is -0.0537. The molecule has 114 valence electrons. The van der Waals surface area contributed by atoms with E-state index in [1.165, 1.54) is 0 Å². The van der Waals surface area contributed by atoms with Crippen LogP contribution in [0.3, 0.4) is 0 Å². The Bertz CT molecular complexity index is 782. The van der Waals surface area contributed by atoms with Crippen molar-refractivity contribution in [1.82, 2.24) is 19.8 Å². The van der Waals surface area contributed by atoms with Gasteiger partial charge in [0.1, 0.15) is 0 Å². The molecule has 1 unspecified atom stereocenters. The van der Waals surface area contributed by atoms with Crippen LogP contribution in [0.4, 0.5) is 0 Å². The van der Waals surface area contributed by atoms with Gasteiger partial charge in [0, 0.05) is 44.1 Å². The van der Waals surface area contributed by atoms with Crippen LogP contribution in [0.5, 0.6) is 0 Å². The molecule has 2 aromatic rings. The molecule has 22 heavy (non-hydrogen) atoms. The summed E-state index contributed by atoms with van der Waals surface area (Å²) >= 11 is 0. The van der Waals surface area contributed by atoms with Gasteiger partial charge in [-0.1, -0.05) is 0 Å². The SMILES string of the molecule is Cn1cnc2cc(C(=O)N3CCC4(CNC(=O)C4)C3)ccc21. The van der Waals surface area contributed by atoms with E-state index in [0.717, 1.165) is 17.5 Å². The van der Waals surface area contributed by atoms with E-state index in [1.807, 2.05) is 34.7 Å². The second-order valence-electron chi connectivity index (χ2n) is 6.49. The molecule has 1 aromatic heterocycles. The number of aromatic nitrogens is 2. The number of carbonyl (C=O) groups excluding carboxylic acids is 2. The van der Waals surface area contributed by atoms with E-state index >= 15 is 0 Å². The first kappa shape index (κ1) is 13.3. The first-order valence-corrected chi connectivity index (χ1v) is 7.53. The topological polar surface area (TPSA) is 67.2 Å². The summed E-state index contributed by atoms with van der Waals surface area (Å²) in [5, 5.41) is 2.89. The number of imidazole rings is 1. The molecule has 4 rings (SSSR count). The molecule has 2 fully saturated rings. The van der Waals surface area contributed by atoms with E-state index in [2.05, 4.69) is 10.3 Å². The molecule has 6 nitrogen and oxygen atoms in total. The Morgan fingerprint density at radius 2 is 2.27 bits per heavy atom. The van der Waals surface area contributed by atoms with E-state index in [-0.39, 0.29) is 17.2 Å². The molecule has 1 spiro atoms. The molecule has 0 radical (unpaired) electrons. The Hall–Kier alpha value is -2.37. The summed E-state index contributed by atoms with van der Waals surface area (Å²) in [6, 6.07) is 5.64. The highest BCUT2D eigenvalue weighted by Gasteiger charge is 2.45. The van der Waals surface area contributed by atoms with Crippen LogP contribution in [0.25, 0.3) is 11.0 Å². The number of aryl methyl sites for hydroxylation is 1. The summed E-state index contributed by atoms with van der Waals surface area (Å²) in [7, 11) is 1.94. The zero-order valence-electron chi connectivity index (χ0n) is 12.5. The lowest BCUT2D eigenvalue weighted by Gasteiger charge is -2.21. The molecular weight excluding hydrogens is 280 g/mol. The quantitative estimate of drug-likeness (QED) is 0.851. The highest BCUT2D eigenvalue weighted by Crippen LogP contribution is 2.37. The van der Waals surface area contributed by atoms with Crippen LogP contribution in [0.15, 0.2) is 24.5 Å². The number of carbonyl (C=O) groups is 2. The first-order valence-electron chi connectivity index (χ1n) is 7.53. The minimum Gasteiger partial charge on any atom is -0.355 e. The number of hydrogen-bond acceptors (Lipinski definition) is 3. The van der Waals surface area contributed by atoms with Gasteiger partial charge in [0.15, 0.2) is 0 Å². The maximum atomic E-state index is 12.7. The maximum absolute atomic E-state index is 12.7. The number of hydrogen-bond donors (Lipinski definition) is 1. The Labute approximate surface area is 128 Å². The Morgan fingerprint density at radius 1 is 1.41 bits per heavy atom. The number of benzene rings is 1. The molecule has 2 saturated heterocycles. The van der Waals surface area contributed by atoms with Crippen LogP contribution in [0, 0.1) is 5.41 Å². The fourth-order valence-corrected chi connectivity index (χ4v) is 3.60. The molecule has 0 saturated carbocycles. The van der Waals surface area contributed by atoms with Gasteiger partial charge in [0.25, 0.3) is 5.91 Å². The van der Waals surface area contributed by atoms with Crippen LogP contribution in [-0.4, -0.2) is 45.9 Å². The predicted molar refractivity (Wildman–Crippen MR) is 81.3 cm³/mol. The molecular formula is C16H18N4O2. The summed E-state index contributed by atoms with van der Waals surface area (Å²) in [5.74, 6) is 0.132. The number of nitrogens with zero attached hydrogens (tertiary/aromatic N) is 3. The average molecular weight is 298 g/mol. The van der Waals surface area contributed by atoms with E-state index < -0.39 is 0 Å². The van der Waals surface area contributed by atoms with Gasteiger partial charge in [-0.25, -0.2) is 4.98 Å². The molecule has 1 atom stereocenters. The second kappa shape index (κ2) is 4.56. The largest absolute Gasteiger partial charge is 0.355 e. The number of likely N-dealkylation sites (tertiary alicyclic amines) is 1. The maximum Gasteiger partial charge on any atom is 0.253 e. The third kappa shape index (κ3) is 1.98. The molecule has 2 aliphatic rings. The van der Waals surface area contributed by atoms with Crippen molar-refractivity contribution >= 4 is 22.8 Å². The van der Waals surface area contributed by atoms with Crippen LogP contribution in [-0.2, 0) is 11.8 Å². The molecule has 0 bridgehead atoms. The molecule has 6 heteroatoms. The fourth-order valence-electron chi connectivity index (χ4n) is 3.60. The molecule has 2 aliphatic heterocycles. The summed E-state index contributed by atoms with van der Waals surface area (Å²) in [5.41, 5.74) is 2.46. The zero-order valence-corrected chi connectivity index (χ0v) is 12.5. The van der Waals surface area contributed by atoms with Gasteiger partial charge in [-0.3, -0.25) is 9.59 Å². The van der Waals surface area contributed by atoms with Crippen molar-refractivity contribution in [2.75, 3.05) is 19.6 Å². The normalized spacial score (nSPS) is 24.4. The highest BCUT2D eigenvalue weighted by molar-refractivity contribution is 5.97. The number of rotatable bonds is 1. The summed E-state index contributed by atoms with van der Waals surface area (Å²) in [6.45, 7) is 2.06. The number of nitrogens with one attached hydrogen (secondary N) is 1. The lowest BCUT2D eigenvalue weighted by atomic mass is 9.86. The number of fused-ring (bicyclic) bond motifs is 1. The van der Waals surface area contributed by atoms with E-state index in [1.54, 1.807) is 6.33 Å². The summed E-state index contributed by atoms with van der Waals surface area (Å²) < 4.78 is 1.93. The van der Waals surface area contributed by atoms with Gasteiger partial charge in [0.05, 0.1) is 17.4 Å². The van der Waals surface area contributed by atoms with Crippen molar-refractivity contribution < 1.29 is 9.59 Å². The minimum absolute atomic E-state index is 0.0313. The van der Waals surface area contributed by atoms with Gasteiger partial charge < -0.3 is 14.8 Å². The Kier molecular flexibility index (Phi) is 2.76. The Morgan fingerprint density at radius 3 is 3.05 bits per heavy atom. The second-order valence-corrected chi connectivity index (χ2v) is 6.49. The van der Waals surface area contributed by atoms with Crippen LogP contribution in [0.2, 0.25) is 0 Å². The molecule has 1 aromatic carbocycles. The summed E-state index contributed by atoms with van der Waals surface area (Å²) in [6.07, 6.45) is 3.18. The standard InChI is InChI=1S/C16H18N4O2/c1-19-10-18-12-6-11(2-3-13(12)19)15(22)20-5-4-16(9-20)7-14(21)17-8-16/h2-3,6,10H,4-5,7-9H2,1H3,(H,17,21). The van der Waals surface area contributed by atoms with Gasteiger partial charge in [-0.05, 0) is 24.6 Å². The van der Waals surface area contributed by atoms with Gasteiger partial charge >= 0.3 is 0 Å². The molecule has 1 N–H and O–H groups in total. The highest BCUT2D eigenvalue weighted by atomic mass is 16.2. The van der Waals surface area contributed by atoms with Gasteiger partial charge in [0.2, 0.25) is 5.91 Å². The lowest BCUT2D eigenvalue weighted by molar-refractivity contribution is -0.119. The van der Waals surface area contributed by atoms with E-state index in [9.17, 15) is 9.59 Å². The predicted octanol–water partition coefficient (Wildman–Crippen LogP) is 0.925. The fraction of sp³-hybridized carbons (Fsp3) is 0.438. The van der Waals surface area contributed by atoms with Gasteiger partial charge in [-0.15, -0.1) is 0 Å².